The zero-order valence-corrected chi connectivity index (χ0v) is 12.3. The third kappa shape index (κ3) is 5.16. The van der Waals surface area contributed by atoms with E-state index in [0.29, 0.717) is 0 Å². The smallest absolute Gasteiger partial charge is 0.0291 e. The molecule has 0 aromatic carbocycles. The Balaban J connectivity index is 4.76. The fourth-order valence-electron chi connectivity index (χ4n) is 2.28. The summed E-state index contributed by atoms with van der Waals surface area (Å²) in [4.78, 5) is 0. The normalized spacial score (nSPS) is 10.8. The van der Waals surface area contributed by atoms with E-state index in [-0.39, 0.29) is 7.92 Å². The second-order valence-corrected chi connectivity index (χ2v) is 6.61. The molecule has 0 heterocycles. The van der Waals surface area contributed by atoms with E-state index in [1.54, 1.807) is 5.57 Å². The molecule has 0 saturated carbocycles. The summed E-state index contributed by atoms with van der Waals surface area (Å²) >= 11 is 0. The summed E-state index contributed by atoms with van der Waals surface area (Å²) in [7, 11) is 0.204. The molecule has 0 saturated heterocycles. The number of hydrogen-bond donors (Lipinski definition) is 0. The number of allylic oxidation sites excluding steroid dienone is 2. The minimum absolute atomic E-state index is 0.204. The average molecular weight is 228 g/mol. The largest absolute Gasteiger partial charge is 0.0798 e. The molecule has 0 atom stereocenters. The van der Waals surface area contributed by atoms with Crippen molar-refractivity contribution < 1.29 is 0 Å². The molecular formula is C14H29P. The second-order valence-electron chi connectivity index (χ2n) is 4.10. The van der Waals surface area contributed by atoms with Crippen molar-refractivity contribution in [1.82, 2.24) is 0 Å². The van der Waals surface area contributed by atoms with Crippen LogP contribution in [-0.2, 0) is 0 Å². The molecule has 0 rings (SSSR count). The fourth-order valence-corrected chi connectivity index (χ4v) is 5.33. The lowest BCUT2D eigenvalue weighted by Gasteiger charge is -2.22. The van der Waals surface area contributed by atoms with E-state index in [2.05, 4.69) is 34.6 Å². The van der Waals surface area contributed by atoms with Gasteiger partial charge in [0.2, 0.25) is 0 Å². The summed E-state index contributed by atoms with van der Waals surface area (Å²) in [6.07, 6.45) is 9.46. The fraction of sp³-hybridized carbons (Fsp3) is 0.857. The van der Waals surface area contributed by atoms with Crippen molar-refractivity contribution in [1.29, 1.82) is 0 Å². The first-order chi connectivity index (χ1) is 7.24. The van der Waals surface area contributed by atoms with Gasteiger partial charge in [0.25, 0.3) is 0 Å². The summed E-state index contributed by atoms with van der Waals surface area (Å²) < 4.78 is 0. The number of hydrogen-bond acceptors (Lipinski definition) is 0. The van der Waals surface area contributed by atoms with E-state index in [4.69, 9.17) is 0 Å². The predicted octanol–water partition coefficient (Wildman–Crippen LogP) is 5.77. The molecule has 0 aliphatic rings. The Kier molecular flexibility index (Phi) is 9.51. The minimum Gasteiger partial charge on any atom is -0.0798 e. The van der Waals surface area contributed by atoms with Crippen LogP contribution in [0, 0.1) is 0 Å². The number of rotatable bonds is 8. The Hall–Kier alpha value is 0.170. The predicted molar refractivity (Wildman–Crippen MR) is 75.1 cm³/mol. The maximum Gasteiger partial charge on any atom is -0.0291 e. The molecule has 0 aliphatic heterocycles. The Bertz CT molecular complexity index is 170. The lowest BCUT2D eigenvalue weighted by Crippen LogP contribution is -1.96. The van der Waals surface area contributed by atoms with Crippen LogP contribution in [0.15, 0.2) is 10.9 Å². The zero-order valence-electron chi connectivity index (χ0n) is 11.4. The minimum atomic E-state index is 0.204. The molecule has 0 spiro atoms. The van der Waals surface area contributed by atoms with E-state index in [1.807, 2.05) is 5.31 Å². The summed E-state index contributed by atoms with van der Waals surface area (Å²) in [5.41, 5.74) is 1.76. The molecule has 0 unspecified atom stereocenters. The van der Waals surface area contributed by atoms with Crippen LogP contribution < -0.4 is 0 Å². The SMILES string of the molecule is CCCP(CCC)C(CC)=C(CC)CC. The van der Waals surface area contributed by atoms with Gasteiger partial charge in [0.1, 0.15) is 0 Å². The highest BCUT2D eigenvalue weighted by Gasteiger charge is 2.13. The monoisotopic (exact) mass is 228 g/mol. The van der Waals surface area contributed by atoms with Crippen LogP contribution in [-0.4, -0.2) is 12.3 Å². The van der Waals surface area contributed by atoms with Crippen LogP contribution in [0.5, 0.6) is 0 Å². The quantitative estimate of drug-likeness (QED) is 0.462. The highest BCUT2D eigenvalue weighted by atomic mass is 31.1. The van der Waals surface area contributed by atoms with E-state index in [9.17, 15) is 0 Å². The van der Waals surface area contributed by atoms with Gasteiger partial charge in [-0.15, -0.1) is 0 Å². The van der Waals surface area contributed by atoms with Gasteiger partial charge in [-0.25, -0.2) is 0 Å². The highest BCUT2D eigenvalue weighted by Crippen LogP contribution is 2.49. The lowest BCUT2D eigenvalue weighted by atomic mass is 10.1. The third-order valence-corrected chi connectivity index (χ3v) is 6.34. The van der Waals surface area contributed by atoms with Gasteiger partial charge >= 0.3 is 0 Å². The van der Waals surface area contributed by atoms with Gasteiger partial charge in [0, 0.05) is 0 Å². The van der Waals surface area contributed by atoms with Crippen molar-refractivity contribution in [3.05, 3.63) is 10.9 Å². The van der Waals surface area contributed by atoms with Crippen molar-refractivity contribution >= 4 is 7.92 Å². The molecule has 0 aromatic heterocycles. The molecule has 0 bridgehead atoms. The van der Waals surface area contributed by atoms with Gasteiger partial charge in [-0.3, -0.25) is 0 Å². The molecular weight excluding hydrogens is 199 g/mol. The van der Waals surface area contributed by atoms with Gasteiger partial charge in [-0.05, 0) is 36.9 Å². The maximum absolute atomic E-state index is 2.35. The molecule has 0 amide bonds. The molecule has 0 aromatic rings. The lowest BCUT2D eigenvalue weighted by molar-refractivity contribution is 0.938. The van der Waals surface area contributed by atoms with Gasteiger partial charge in [0.05, 0.1) is 0 Å². The first kappa shape index (κ1) is 15.2. The maximum atomic E-state index is 2.35. The van der Waals surface area contributed by atoms with Gasteiger partial charge in [-0.1, -0.05) is 61.0 Å². The van der Waals surface area contributed by atoms with Gasteiger partial charge in [-0.2, -0.15) is 0 Å². The van der Waals surface area contributed by atoms with Crippen molar-refractivity contribution in [2.45, 2.75) is 66.7 Å². The average Bonchev–Trinajstić information content (AvgIpc) is 2.25. The highest BCUT2D eigenvalue weighted by molar-refractivity contribution is 7.62. The molecule has 15 heavy (non-hydrogen) atoms. The van der Waals surface area contributed by atoms with Crippen molar-refractivity contribution in [3.8, 4) is 0 Å². The van der Waals surface area contributed by atoms with Crippen molar-refractivity contribution in [3.63, 3.8) is 0 Å². The summed E-state index contributed by atoms with van der Waals surface area (Å²) in [6.45, 7) is 11.6. The van der Waals surface area contributed by atoms with Gasteiger partial charge in [0.15, 0.2) is 0 Å². The molecule has 0 fully saturated rings. The Morgan fingerprint density at radius 3 is 1.47 bits per heavy atom. The van der Waals surface area contributed by atoms with Crippen LogP contribution in [0.1, 0.15) is 66.7 Å². The van der Waals surface area contributed by atoms with E-state index in [1.165, 1.54) is 44.4 Å². The van der Waals surface area contributed by atoms with E-state index < -0.39 is 0 Å². The summed E-state index contributed by atoms with van der Waals surface area (Å²) in [5, 5.41) is 1.85. The molecule has 1 heteroatoms. The van der Waals surface area contributed by atoms with Crippen molar-refractivity contribution in [2.75, 3.05) is 12.3 Å². The molecule has 0 N–H and O–H groups in total. The van der Waals surface area contributed by atoms with Crippen molar-refractivity contribution in [2.24, 2.45) is 0 Å². The Labute approximate surface area is 98.3 Å². The van der Waals surface area contributed by atoms with Crippen LogP contribution in [0.2, 0.25) is 0 Å². The standard InChI is InChI=1S/C14H29P/c1-6-11-15(12-7-2)14(10-5)13(8-3)9-4/h6-12H2,1-5H3. The van der Waals surface area contributed by atoms with E-state index >= 15 is 0 Å². The molecule has 0 aliphatic carbocycles. The van der Waals surface area contributed by atoms with Gasteiger partial charge < -0.3 is 0 Å². The van der Waals surface area contributed by atoms with E-state index in [0.717, 1.165) is 0 Å². The molecule has 0 radical (unpaired) electrons. The topological polar surface area (TPSA) is 0 Å². The first-order valence-corrected chi connectivity index (χ1v) is 8.41. The van der Waals surface area contributed by atoms with Crippen LogP contribution in [0.4, 0.5) is 0 Å². The second kappa shape index (κ2) is 9.40. The van der Waals surface area contributed by atoms with Crippen LogP contribution >= 0.6 is 7.92 Å². The molecule has 90 valence electrons. The Morgan fingerprint density at radius 1 is 0.733 bits per heavy atom. The molecule has 0 nitrogen and oxygen atoms in total. The summed E-state index contributed by atoms with van der Waals surface area (Å²) in [5.74, 6) is 0. The zero-order chi connectivity index (χ0) is 11.7. The first-order valence-electron chi connectivity index (χ1n) is 6.70. The Morgan fingerprint density at radius 2 is 1.20 bits per heavy atom. The summed E-state index contributed by atoms with van der Waals surface area (Å²) in [6, 6.07) is 0. The third-order valence-electron chi connectivity index (χ3n) is 2.97. The van der Waals surface area contributed by atoms with Crippen LogP contribution in [0.3, 0.4) is 0 Å². The van der Waals surface area contributed by atoms with Crippen LogP contribution in [0.25, 0.3) is 0 Å².